The zero-order chi connectivity index (χ0) is 9.56. The Morgan fingerprint density at radius 2 is 1.92 bits per heavy atom. The van der Waals surface area contributed by atoms with E-state index in [0.29, 0.717) is 5.92 Å². The lowest BCUT2D eigenvalue weighted by Crippen LogP contribution is -2.30. The molecule has 12 heavy (non-hydrogen) atoms. The Bertz CT molecular complexity index is 104. The van der Waals surface area contributed by atoms with Crippen LogP contribution >= 0.6 is 0 Å². The van der Waals surface area contributed by atoms with Crippen molar-refractivity contribution in [1.82, 2.24) is 4.90 Å². The summed E-state index contributed by atoms with van der Waals surface area (Å²) < 4.78 is 0. The van der Waals surface area contributed by atoms with Crippen molar-refractivity contribution in [3.8, 4) is 0 Å². The van der Waals surface area contributed by atoms with Crippen LogP contribution in [0.4, 0.5) is 0 Å². The fourth-order valence-corrected chi connectivity index (χ4v) is 1.16. The van der Waals surface area contributed by atoms with Crippen LogP contribution in [0.1, 0.15) is 33.6 Å². The SMILES string of the molecule is CCCCN(C)CC(C)C(C)O. The third-order valence-electron chi connectivity index (χ3n) is 2.32. The molecule has 0 aliphatic carbocycles. The monoisotopic (exact) mass is 173 g/mol. The van der Waals surface area contributed by atoms with Crippen LogP contribution in [0.15, 0.2) is 0 Å². The molecule has 0 heterocycles. The third kappa shape index (κ3) is 5.56. The van der Waals surface area contributed by atoms with Crippen molar-refractivity contribution in [2.24, 2.45) is 5.92 Å². The molecule has 2 atom stereocenters. The highest BCUT2D eigenvalue weighted by Gasteiger charge is 2.10. The molecule has 2 unspecified atom stereocenters. The molecule has 1 N–H and O–H groups in total. The van der Waals surface area contributed by atoms with Gasteiger partial charge in [-0.25, -0.2) is 0 Å². The number of rotatable bonds is 6. The fourth-order valence-electron chi connectivity index (χ4n) is 1.16. The third-order valence-corrected chi connectivity index (χ3v) is 2.32. The molecule has 2 nitrogen and oxygen atoms in total. The van der Waals surface area contributed by atoms with Gasteiger partial charge in [-0.1, -0.05) is 20.3 Å². The predicted octanol–water partition coefficient (Wildman–Crippen LogP) is 1.74. The van der Waals surface area contributed by atoms with Crippen LogP contribution in [0.2, 0.25) is 0 Å². The summed E-state index contributed by atoms with van der Waals surface area (Å²) in [4.78, 5) is 2.29. The highest BCUT2D eigenvalue weighted by molar-refractivity contribution is 4.63. The van der Waals surface area contributed by atoms with Gasteiger partial charge in [-0.05, 0) is 32.9 Å². The van der Waals surface area contributed by atoms with E-state index in [4.69, 9.17) is 0 Å². The number of nitrogens with zero attached hydrogens (tertiary/aromatic N) is 1. The van der Waals surface area contributed by atoms with Crippen molar-refractivity contribution in [2.45, 2.75) is 39.7 Å². The molecule has 0 rings (SSSR count). The van der Waals surface area contributed by atoms with Crippen LogP contribution in [0.25, 0.3) is 0 Å². The van der Waals surface area contributed by atoms with Gasteiger partial charge in [0.25, 0.3) is 0 Å². The first kappa shape index (κ1) is 11.9. The van der Waals surface area contributed by atoms with Crippen molar-refractivity contribution < 1.29 is 5.11 Å². The van der Waals surface area contributed by atoms with E-state index < -0.39 is 0 Å². The number of aliphatic hydroxyl groups excluding tert-OH is 1. The minimum Gasteiger partial charge on any atom is -0.393 e. The maximum atomic E-state index is 9.27. The van der Waals surface area contributed by atoms with Crippen molar-refractivity contribution in [2.75, 3.05) is 20.1 Å². The molecule has 0 aromatic heterocycles. The van der Waals surface area contributed by atoms with Crippen LogP contribution in [0, 0.1) is 5.92 Å². The maximum Gasteiger partial charge on any atom is 0.0549 e. The molecule has 0 aliphatic heterocycles. The Hall–Kier alpha value is -0.0800. The minimum atomic E-state index is -0.186. The van der Waals surface area contributed by atoms with Crippen LogP contribution < -0.4 is 0 Å². The van der Waals surface area contributed by atoms with E-state index in [9.17, 15) is 5.11 Å². The lowest BCUT2D eigenvalue weighted by molar-refractivity contribution is 0.110. The highest BCUT2D eigenvalue weighted by atomic mass is 16.3. The van der Waals surface area contributed by atoms with Crippen molar-refractivity contribution >= 4 is 0 Å². The average molecular weight is 173 g/mol. The van der Waals surface area contributed by atoms with Crippen LogP contribution in [0.3, 0.4) is 0 Å². The Labute approximate surface area is 76.6 Å². The van der Waals surface area contributed by atoms with Gasteiger partial charge in [-0.3, -0.25) is 0 Å². The summed E-state index contributed by atoms with van der Waals surface area (Å²) in [6, 6.07) is 0. The first-order valence-electron chi connectivity index (χ1n) is 4.94. The summed E-state index contributed by atoms with van der Waals surface area (Å²) in [5.41, 5.74) is 0. The molecule has 2 heteroatoms. The molecule has 0 aliphatic rings. The zero-order valence-electron chi connectivity index (χ0n) is 8.88. The molecule has 0 aromatic rings. The van der Waals surface area contributed by atoms with Crippen molar-refractivity contribution in [3.63, 3.8) is 0 Å². The van der Waals surface area contributed by atoms with E-state index in [0.717, 1.165) is 13.1 Å². The van der Waals surface area contributed by atoms with Gasteiger partial charge in [0.15, 0.2) is 0 Å². The minimum absolute atomic E-state index is 0.186. The summed E-state index contributed by atoms with van der Waals surface area (Å²) in [7, 11) is 2.12. The first-order chi connectivity index (χ1) is 5.57. The van der Waals surface area contributed by atoms with E-state index in [-0.39, 0.29) is 6.10 Å². The highest BCUT2D eigenvalue weighted by Crippen LogP contribution is 2.04. The summed E-state index contributed by atoms with van der Waals surface area (Å²) in [5.74, 6) is 0.381. The van der Waals surface area contributed by atoms with E-state index in [1.165, 1.54) is 12.8 Å². The standard InChI is InChI=1S/C10H23NO/c1-5-6-7-11(4)8-9(2)10(3)12/h9-10,12H,5-8H2,1-4H3. The normalized spacial score (nSPS) is 16.5. The zero-order valence-corrected chi connectivity index (χ0v) is 8.88. The van der Waals surface area contributed by atoms with Gasteiger partial charge in [-0.2, -0.15) is 0 Å². The number of hydrogen-bond donors (Lipinski definition) is 1. The van der Waals surface area contributed by atoms with Gasteiger partial charge in [0, 0.05) is 6.54 Å². The average Bonchev–Trinajstić information content (AvgIpc) is 2.00. The number of unbranched alkanes of at least 4 members (excludes halogenated alkanes) is 1. The maximum absolute atomic E-state index is 9.27. The van der Waals surface area contributed by atoms with Gasteiger partial charge in [0.1, 0.15) is 0 Å². The second-order valence-corrected chi connectivity index (χ2v) is 3.83. The lowest BCUT2D eigenvalue weighted by atomic mass is 10.1. The second-order valence-electron chi connectivity index (χ2n) is 3.83. The number of aliphatic hydroxyl groups is 1. The summed E-state index contributed by atoms with van der Waals surface area (Å²) in [6.45, 7) is 8.29. The Balaban J connectivity index is 3.47. The summed E-state index contributed by atoms with van der Waals surface area (Å²) in [5, 5.41) is 9.27. The smallest absolute Gasteiger partial charge is 0.0549 e. The molecular formula is C10H23NO. The summed E-state index contributed by atoms with van der Waals surface area (Å²) in [6.07, 6.45) is 2.31. The molecule has 74 valence electrons. The van der Waals surface area contributed by atoms with Crippen LogP contribution in [-0.4, -0.2) is 36.2 Å². The molecule has 0 fully saturated rings. The molecule has 0 radical (unpaired) electrons. The van der Waals surface area contributed by atoms with E-state index in [1.54, 1.807) is 0 Å². The lowest BCUT2D eigenvalue weighted by Gasteiger charge is -2.22. The predicted molar refractivity (Wildman–Crippen MR) is 53.2 cm³/mol. The van der Waals surface area contributed by atoms with Gasteiger partial charge in [0.05, 0.1) is 6.10 Å². The van der Waals surface area contributed by atoms with Gasteiger partial charge in [0.2, 0.25) is 0 Å². The van der Waals surface area contributed by atoms with Crippen molar-refractivity contribution in [3.05, 3.63) is 0 Å². The Kier molecular flexibility index (Phi) is 6.39. The molecule has 0 aromatic carbocycles. The molecule has 0 saturated heterocycles. The topological polar surface area (TPSA) is 23.5 Å². The van der Waals surface area contributed by atoms with Crippen LogP contribution in [-0.2, 0) is 0 Å². The van der Waals surface area contributed by atoms with Gasteiger partial charge >= 0.3 is 0 Å². The Morgan fingerprint density at radius 1 is 1.33 bits per heavy atom. The second kappa shape index (κ2) is 6.44. The molecule has 0 amide bonds. The molecule has 0 bridgehead atoms. The molecular weight excluding hydrogens is 150 g/mol. The number of hydrogen-bond acceptors (Lipinski definition) is 2. The van der Waals surface area contributed by atoms with E-state index >= 15 is 0 Å². The van der Waals surface area contributed by atoms with E-state index in [2.05, 4.69) is 25.8 Å². The molecule has 0 saturated carbocycles. The fraction of sp³-hybridized carbons (Fsp3) is 1.00. The quantitative estimate of drug-likeness (QED) is 0.661. The Morgan fingerprint density at radius 3 is 2.33 bits per heavy atom. The van der Waals surface area contributed by atoms with Gasteiger partial charge in [-0.15, -0.1) is 0 Å². The largest absolute Gasteiger partial charge is 0.393 e. The summed E-state index contributed by atoms with van der Waals surface area (Å²) >= 11 is 0. The van der Waals surface area contributed by atoms with E-state index in [1.807, 2.05) is 6.92 Å². The van der Waals surface area contributed by atoms with Gasteiger partial charge < -0.3 is 10.0 Å². The van der Waals surface area contributed by atoms with Crippen molar-refractivity contribution in [1.29, 1.82) is 0 Å². The molecule has 0 spiro atoms. The first-order valence-corrected chi connectivity index (χ1v) is 4.94. The van der Waals surface area contributed by atoms with Crippen LogP contribution in [0.5, 0.6) is 0 Å².